The second-order valence-corrected chi connectivity index (χ2v) is 14.9. The number of hydrogen-bond donors (Lipinski definition) is 1. The number of thiophene rings is 2. The van der Waals surface area contributed by atoms with Crippen LogP contribution in [0, 0.1) is 0 Å². The molecule has 8 nitrogen and oxygen atoms in total. The van der Waals surface area contributed by atoms with E-state index in [-0.39, 0.29) is 37.3 Å². The van der Waals surface area contributed by atoms with Gasteiger partial charge in [0, 0.05) is 36.3 Å². The minimum atomic E-state index is -4.49. The first-order valence-electron chi connectivity index (χ1n) is 16.4. The van der Waals surface area contributed by atoms with Crippen molar-refractivity contribution in [2.45, 2.75) is 63.7 Å². The normalized spacial score (nSPS) is 15.6. The number of benzene rings is 2. The first kappa shape index (κ1) is 42.0. The third-order valence-corrected chi connectivity index (χ3v) is 11.4. The van der Waals surface area contributed by atoms with Crippen LogP contribution in [0.5, 0.6) is 0 Å². The maximum Gasteiger partial charge on any atom is 0.417 e. The van der Waals surface area contributed by atoms with Gasteiger partial charge in [-0.2, -0.15) is 26.3 Å². The largest absolute Gasteiger partial charge is 0.465 e. The van der Waals surface area contributed by atoms with Crippen molar-refractivity contribution in [3.8, 4) is 0 Å². The van der Waals surface area contributed by atoms with Crippen LogP contribution in [0.4, 0.5) is 26.3 Å². The number of alkyl halides is 6. The Morgan fingerprint density at radius 1 is 0.717 bits per heavy atom. The van der Waals surface area contributed by atoms with Gasteiger partial charge in [0.2, 0.25) is 11.1 Å². The molecular weight excluding hydrogens is 770 g/mol. The van der Waals surface area contributed by atoms with Gasteiger partial charge in [0.15, 0.2) is 0 Å². The molecule has 4 heterocycles. The molecule has 2 aromatic heterocycles. The summed E-state index contributed by atoms with van der Waals surface area (Å²) < 4.78 is 89.7. The van der Waals surface area contributed by atoms with Crippen molar-refractivity contribution < 1.29 is 55.0 Å². The van der Waals surface area contributed by atoms with Gasteiger partial charge in [-0.1, -0.05) is 24.3 Å². The summed E-state index contributed by atoms with van der Waals surface area (Å²) in [5.41, 5.74) is -0.0986. The van der Waals surface area contributed by atoms with E-state index in [2.05, 4.69) is 16.9 Å². The number of halogens is 7. The monoisotopic (exact) mass is 806 g/mol. The SMILES string of the molecule is CC(=O)Cl.COC(=O)c1sc2c(C(F)(F)F)cccc2c1C1CCN(C(C)=O)CC1.COC(=O)c1sc2c(C(F)(F)F)cccc2c1C1CCNCC1. The van der Waals surface area contributed by atoms with E-state index in [0.717, 1.165) is 60.7 Å². The summed E-state index contributed by atoms with van der Waals surface area (Å²) in [5.74, 6) is -1.22. The summed E-state index contributed by atoms with van der Waals surface area (Å²) in [7, 11) is 2.48. The van der Waals surface area contributed by atoms with Crippen LogP contribution in [0.15, 0.2) is 36.4 Å². The lowest BCUT2D eigenvalue weighted by molar-refractivity contribution is -0.137. The molecule has 1 amide bonds. The Labute approximate surface area is 314 Å². The molecule has 0 spiro atoms. The molecule has 0 atom stereocenters. The summed E-state index contributed by atoms with van der Waals surface area (Å²) in [4.78, 5) is 47.3. The molecule has 2 aliphatic heterocycles. The van der Waals surface area contributed by atoms with E-state index in [1.807, 2.05) is 0 Å². The number of carbonyl (C=O) groups is 4. The van der Waals surface area contributed by atoms with Gasteiger partial charge in [-0.05, 0) is 96.2 Å². The molecule has 0 aliphatic carbocycles. The van der Waals surface area contributed by atoms with Gasteiger partial charge >= 0.3 is 24.3 Å². The number of hydrogen-bond acceptors (Lipinski definition) is 9. The summed E-state index contributed by atoms with van der Waals surface area (Å²) in [6.45, 7) is 5.42. The molecule has 0 unspecified atom stereocenters. The molecule has 0 bridgehead atoms. The van der Waals surface area contributed by atoms with E-state index < -0.39 is 35.4 Å². The van der Waals surface area contributed by atoms with Gasteiger partial charge in [0.1, 0.15) is 9.75 Å². The molecule has 4 aromatic rings. The zero-order valence-corrected chi connectivity index (χ0v) is 31.5. The quantitative estimate of drug-likeness (QED) is 0.125. The zero-order chi connectivity index (χ0) is 39.2. The molecule has 6 rings (SSSR count). The Hall–Kier alpha value is -3.73. The third-order valence-electron chi connectivity index (χ3n) is 8.96. The summed E-state index contributed by atoms with van der Waals surface area (Å²) in [6.07, 6.45) is -6.13. The average Bonchev–Trinajstić information content (AvgIpc) is 3.70. The van der Waals surface area contributed by atoms with Crippen LogP contribution in [0.3, 0.4) is 0 Å². The van der Waals surface area contributed by atoms with Gasteiger partial charge in [-0.3, -0.25) is 9.59 Å². The number of ether oxygens (including phenoxy) is 2. The number of rotatable bonds is 4. The summed E-state index contributed by atoms with van der Waals surface area (Å²) in [6, 6.07) is 8.16. The van der Waals surface area contributed by atoms with Crippen molar-refractivity contribution in [3.05, 3.63) is 68.4 Å². The molecule has 2 aromatic carbocycles. The molecule has 2 saturated heterocycles. The first-order chi connectivity index (χ1) is 24.9. The van der Waals surface area contributed by atoms with Crippen molar-refractivity contribution >= 4 is 77.5 Å². The van der Waals surface area contributed by atoms with Crippen LogP contribution >= 0.6 is 34.3 Å². The highest BCUT2D eigenvalue weighted by atomic mass is 35.5. The van der Waals surface area contributed by atoms with Gasteiger partial charge in [-0.15, -0.1) is 22.7 Å². The van der Waals surface area contributed by atoms with Gasteiger partial charge in [-0.25, -0.2) is 9.59 Å². The standard InChI is InChI=1S/C18H18F3NO3S.C16H16F3NO2S.C2H3ClO/c1-10(23)22-8-6-11(7-9-22)14-12-4-3-5-13(18(19,20)21)15(12)26-16(14)17(24)25-2;1-22-15(21)14-12(9-5-7-20-8-6-9)10-3-2-4-11(13(10)23-14)16(17,18)19;1-2(3)4/h3-5,11H,6-9H2,1-2H3;2-4,9,20H,5-8H2,1H3;1H3. The minimum absolute atomic E-state index is 0.0221. The number of nitrogens with one attached hydrogen (secondary N) is 1. The van der Waals surface area contributed by atoms with Crippen LogP contribution in [-0.4, -0.2) is 68.4 Å². The summed E-state index contributed by atoms with van der Waals surface area (Å²) >= 11 is 6.36. The molecule has 288 valence electrons. The van der Waals surface area contributed by atoms with Crippen LogP contribution < -0.4 is 5.32 Å². The second-order valence-electron chi connectivity index (χ2n) is 12.3. The molecule has 1 N–H and O–H groups in total. The Morgan fingerprint density at radius 2 is 1.09 bits per heavy atom. The fourth-order valence-corrected chi connectivity index (χ4v) is 9.29. The van der Waals surface area contributed by atoms with Gasteiger partial charge < -0.3 is 19.7 Å². The molecule has 53 heavy (non-hydrogen) atoms. The topological polar surface area (TPSA) is 102 Å². The molecule has 0 radical (unpaired) electrons. The Morgan fingerprint density at radius 3 is 1.43 bits per heavy atom. The lowest BCUT2D eigenvalue weighted by Crippen LogP contribution is -2.36. The van der Waals surface area contributed by atoms with E-state index >= 15 is 0 Å². The summed E-state index contributed by atoms with van der Waals surface area (Å²) in [5, 5.41) is 3.84. The first-order valence-corrected chi connectivity index (χ1v) is 18.5. The van der Waals surface area contributed by atoms with E-state index in [9.17, 15) is 45.5 Å². The fourth-order valence-electron chi connectivity index (χ4n) is 6.62. The molecule has 2 fully saturated rings. The fraction of sp³-hybridized carbons (Fsp3) is 0.444. The van der Waals surface area contributed by atoms with Gasteiger partial charge in [0.25, 0.3) is 0 Å². The van der Waals surface area contributed by atoms with E-state index in [1.54, 1.807) is 17.0 Å². The van der Waals surface area contributed by atoms with Crippen molar-refractivity contribution in [2.75, 3.05) is 40.4 Å². The number of likely N-dealkylation sites (tertiary alicyclic amines) is 1. The molecule has 0 saturated carbocycles. The Kier molecular flexibility index (Phi) is 14.0. The highest BCUT2D eigenvalue weighted by Crippen LogP contribution is 2.47. The number of carbonyl (C=O) groups excluding carboxylic acids is 4. The van der Waals surface area contributed by atoms with Crippen LogP contribution in [0.2, 0.25) is 0 Å². The molecular formula is C36H37ClF6N2O6S2. The highest BCUT2D eigenvalue weighted by molar-refractivity contribution is 7.21. The smallest absolute Gasteiger partial charge is 0.417 e. The Balaban J connectivity index is 0.000000216. The maximum absolute atomic E-state index is 13.4. The van der Waals surface area contributed by atoms with Crippen LogP contribution in [-0.2, 0) is 31.4 Å². The van der Waals surface area contributed by atoms with Crippen molar-refractivity contribution in [3.63, 3.8) is 0 Å². The lowest BCUT2D eigenvalue weighted by Gasteiger charge is -2.31. The maximum atomic E-state index is 13.4. The van der Waals surface area contributed by atoms with Crippen LogP contribution in [0.1, 0.15) is 93.0 Å². The van der Waals surface area contributed by atoms with E-state index in [4.69, 9.17) is 9.47 Å². The van der Waals surface area contributed by atoms with E-state index in [0.29, 0.717) is 52.7 Å². The van der Waals surface area contributed by atoms with Crippen molar-refractivity contribution in [1.82, 2.24) is 10.2 Å². The number of esters is 2. The van der Waals surface area contributed by atoms with E-state index in [1.165, 1.54) is 40.2 Å². The Bertz CT molecular complexity index is 1960. The predicted octanol–water partition coefficient (Wildman–Crippen LogP) is 9.38. The average molecular weight is 807 g/mol. The van der Waals surface area contributed by atoms with Crippen molar-refractivity contribution in [1.29, 1.82) is 0 Å². The number of amides is 1. The van der Waals surface area contributed by atoms with Gasteiger partial charge in [0.05, 0.1) is 25.3 Å². The number of methoxy groups -OCH3 is 2. The lowest BCUT2D eigenvalue weighted by atomic mass is 9.87. The molecule has 2 aliphatic rings. The second kappa shape index (κ2) is 17.6. The number of fused-ring (bicyclic) bond motifs is 2. The number of nitrogens with zero attached hydrogens (tertiary/aromatic N) is 1. The zero-order valence-electron chi connectivity index (χ0n) is 29.1. The van der Waals surface area contributed by atoms with Crippen molar-refractivity contribution in [2.24, 2.45) is 0 Å². The van der Waals surface area contributed by atoms with Crippen LogP contribution in [0.25, 0.3) is 20.2 Å². The highest BCUT2D eigenvalue weighted by Gasteiger charge is 2.38. The molecule has 17 heteroatoms. The number of piperidine rings is 2. The predicted molar refractivity (Wildman–Crippen MR) is 192 cm³/mol. The third kappa shape index (κ3) is 9.88. The minimum Gasteiger partial charge on any atom is -0.465 e.